The second-order valence-corrected chi connectivity index (χ2v) is 11.7. The van der Waals surface area contributed by atoms with Crippen LogP contribution in [0.1, 0.15) is 47.4 Å². The Balaban J connectivity index is 1.53. The Morgan fingerprint density at radius 2 is 1.24 bits per heavy atom. The molecular formula is C40H37FN2O2. The maximum atomic E-state index is 14.4. The average molecular weight is 597 g/mol. The van der Waals surface area contributed by atoms with Crippen molar-refractivity contribution in [1.29, 1.82) is 0 Å². The van der Waals surface area contributed by atoms with Gasteiger partial charge in [-0.15, -0.1) is 0 Å². The third-order valence-corrected chi connectivity index (χ3v) is 8.75. The molecule has 0 saturated carbocycles. The number of ether oxygens (including phenoxy) is 1. The van der Waals surface area contributed by atoms with Crippen molar-refractivity contribution in [3.05, 3.63) is 185 Å². The van der Waals surface area contributed by atoms with E-state index >= 15 is 0 Å². The van der Waals surface area contributed by atoms with Crippen LogP contribution in [0.3, 0.4) is 0 Å². The summed E-state index contributed by atoms with van der Waals surface area (Å²) < 4.78 is 21.7. The van der Waals surface area contributed by atoms with Gasteiger partial charge in [0, 0.05) is 18.9 Å². The number of nitrogens with zero attached hydrogens (tertiary/aromatic N) is 2. The molecule has 6 rings (SSSR count). The van der Waals surface area contributed by atoms with Crippen LogP contribution in [-0.2, 0) is 22.5 Å². The standard InChI is InChI=1S/C40H37FN2O2/c1-29(2)40(44,36-21-13-14-30(25-36)31-22-23-37(41)32(24-31)27-45-3)38-26-43(28-42-38)39(33-15-7-4-8-16-33,34-17-9-5-10-18-34)35-19-11-6-12-20-35/h4-26,28-29,44H,27H2,1-3H3. The first-order chi connectivity index (χ1) is 21.9. The van der Waals surface area contributed by atoms with Crippen LogP contribution in [0.25, 0.3) is 11.1 Å². The van der Waals surface area contributed by atoms with Crippen LogP contribution in [-0.4, -0.2) is 21.8 Å². The van der Waals surface area contributed by atoms with Crippen LogP contribution < -0.4 is 0 Å². The van der Waals surface area contributed by atoms with Crippen molar-refractivity contribution in [1.82, 2.24) is 9.55 Å². The number of halogens is 1. The molecule has 5 aromatic carbocycles. The van der Waals surface area contributed by atoms with Crippen molar-refractivity contribution in [3.63, 3.8) is 0 Å². The number of hydrogen-bond acceptors (Lipinski definition) is 3. The molecule has 1 N–H and O–H groups in total. The second-order valence-electron chi connectivity index (χ2n) is 11.7. The molecule has 1 atom stereocenters. The first-order valence-electron chi connectivity index (χ1n) is 15.2. The summed E-state index contributed by atoms with van der Waals surface area (Å²) in [4.78, 5) is 4.93. The minimum Gasteiger partial charge on any atom is -0.380 e. The van der Waals surface area contributed by atoms with Gasteiger partial charge in [0.15, 0.2) is 0 Å². The lowest BCUT2D eigenvalue weighted by molar-refractivity contribution is 0.0278. The zero-order chi connectivity index (χ0) is 31.4. The van der Waals surface area contributed by atoms with Crippen LogP contribution in [0.5, 0.6) is 0 Å². The predicted octanol–water partition coefficient (Wildman–Crippen LogP) is 8.57. The summed E-state index contributed by atoms with van der Waals surface area (Å²) in [5.41, 5.74) is 4.51. The van der Waals surface area contributed by atoms with E-state index < -0.39 is 11.1 Å². The third kappa shape index (κ3) is 5.39. The number of imidazole rings is 1. The van der Waals surface area contributed by atoms with E-state index in [1.807, 2.05) is 68.8 Å². The Bertz CT molecular complexity index is 1770. The van der Waals surface area contributed by atoms with Gasteiger partial charge in [-0.05, 0) is 57.5 Å². The topological polar surface area (TPSA) is 47.3 Å². The van der Waals surface area contributed by atoms with E-state index in [1.165, 1.54) is 6.07 Å². The maximum Gasteiger partial charge on any atom is 0.135 e. The SMILES string of the molecule is COCc1cc(-c2cccc(C(O)(c3cn(C(c4ccccc4)(c4ccccc4)c4ccccc4)cn3)C(C)C)c2)ccc1F. The summed E-state index contributed by atoms with van der Waals surface area (Å²) >= 11 is 0. The maximum absolute atomic E-state index is 14.4. The Labute approximate surface area is 264 Å². The summed E-state index contributed by atoms with van der Waals surface area (Å²) in [5, 5.41) is 12.6. The van der Waals surface area contributed by atoms with Crippen molar-refractivity contribution < 1.29 is 14.2 Å². The van der Waals surface area contributed by atoms with Gasteiger partial charge in [0.25, 0.3) is 0 Å². The zero-order valence-corrected chi connectivity index (χ0v) is 25.8. The Morgan fingerprint density at radius 3 is 1.78 bits per heavy atom. The van der Waals surface area contributed by atoms with E-state index in [2.05, 4.69) is 77.4 Å². The molecule has 0 fully saturated rings. The third-order valence-electron chi connectivity index (χ3n) is 8.75. The highest BCUT2D eigenvalue weighted by atomic mass is 19.1. The molecule has 226 valence electrons. The summed E-state index contributed by atoms with van der Waals surface area (Å²) in [6, 6.07) is 44.0. The first-order valence-corrected chi connectivity index (χ1v) is 15.2. The lowest BCUT2D eigenvalue weighted by Gasteiger charge is -2.37. The number of aliphatic hydroxyl groups is 1. The molecule has 4 nitrogen and oxygen atoms in total. The number of benzene rings is 5. The van der Waals surface area contributed by atoms with Crippen LogP contribution in [0.4, 0.5) is 4.39 Å². The fraction of sp³-hybridized carbons (Fsp3) is 0.175. The zero-order valence-electron chi connectivity index (χ0n) is 25.8. The summed E-state index contributed by atoms with van der Waals surface area (Å²) in [6.45, 7) is 4.18. The second kappa shape index (κ2) is 12.6. The molecule has 6 aromatic rings. The Kier molecular flexibility index (Phi) is 8.48. The number of methoxy groups -OCH3 is 1. The van der Waals surface area contributed by atoms with Crippen molar-refractivity contribution in [2.45, 2.75) is 31.6 Å². The van der Waals surface area contributed by atoms with E-state index in [9.17, 15) is 9.50 Å². The lowest BCUT2D eigenvalue weighted by atomic mass is 9.76. The molecule has 45 heavy (non-hydrogen) atoms. The van der Waals surface area contributed by atoms with E-state index in [-0.39, 0.29) is 18.3 Å². The molecule has 0 aliphatic heterocycles. The smallest absolute Gasteiger partial charge is 0.135 e. The minimum atomic E-state index is -1.41. The average Bonchev–Trinajstić information content (AvgIpc) is 3.58. The summed E-state index contributed by atoms with van der Waals surface area (Å²) in [7, 11) is 1.55. The van der Waals surface area contributed by atoms with Crippen LogP contribution in [0.2, 0.25) is 0 Å². The monoisotopic (exact) mass is 596 g/mol. The van der Waals surface area contributed by atoms with Gasteiger partial charge in [0.1, 0.15) is 17.0 Å². The molecule has 0 aliphatic carbocycles. The molecule has 0 amide bonds. The molecule has 0 spiro atoms. The lowest BCUT2D eigenvalue weighted by Crippen LogP contribution is -2.37. The van der Waals surface area contributed by atoms with Crippen LogP contribution >= 0.6 is 0 Å². The highest BCUT2D eigenvalue weighted by Gasteiger charge is 2.42. The van der Waals surface area contributed by atoms with Gasteiger partial charge < -0.3 is 14.4 Å². The minimum absolute atomic E-state index is 0.179. The van der Waals surface area contributed by atoms with Gasteiger partial charge in [-0.1, -0.05) is 129 Å². The molecule has 0 aliphatic rings. The van der Waals surface area contributed by atoms with Gasteiger partial charge in [-0.3, -0.25) is 0 Å². The Hall–Kier alpha value is -4.84. The van der Waals surface area contributed by atoms with Crippen LogP contribution in [0, 0.1) is 11.7 Å². The van der Waals surface area contributed by atoms with E-state index in [1.54, 1.807) is 19.2 Å². The molecule has 0 bridgehead atoms. The predicted molar refractivity (Wildman–Crippen MR) is 177 cm³/mol. The molecule has 1 unspecified atom stereocenters. The normalized spacial score (nSPS) is 13.1. The molecule has 1 aromatic heterocycles. The fourth-order valence-corrected chi connectivity index (χ4v) is 6.42. The van der Waals surface area contributed by atoms with E-state index in [0.29, 0.717) is 16.8 Å². The molecule has 0 radical (unpaired) electrons. The van der Waals surface area contributed by atoms with Crippen molar-refractivity contribution in [3.8, 4) is 11.1 Å². The molecule has 5 heteroatoms. The quantitative estimate of drug-likeness (QED) is 0.161. The molecule has 1 heterocycles. The Morgan fingerprint density at radius 1 is 0.711 bits per heavy atom. The summed E-state index contributed by atoms with van der Waals surface area (Å²) in [6.07, 6.45) is 3.81. The van der Waals surface area contributed by atoms with Crippen molar-refractivity contribution >= 4 is 0 Å². The van der Waals surface area contributed by atoms with Gasteiger partial charge in [-0.2, -0.15) is 0 Å². The van der Waals surface area contributed by atoms with E-state index in [0.717, 1.165) is 27.8 Å². The highest BCUT2D eigenvalue weighted by molar-refractivity contribution is 5.66. The van der Waals surface area contributed by atoms with Crippen molar-refractivity contribution in [2.24, 2.45) is 5.92 Å². The number of hydrogen-bond donors (Lipinski definition) is 1. The van der Waals surface area contributed by atoms with Gasteiger partial charge >= 0.3 is 0 Å². The largest absolute Gasteiger partial charge is 0.380 e. The van der Waals surface area contributed by atoms with Gasteiger partial charge in [-0.25, -0.2) is 9.37 Å². The molecular weight excluding hydrogens is 559 g/mol. The van der Waals surface area contributed by atoms with E-state index in [4.69, 9.17) is 9.72 Å². The highest BCUT2D eigenvalue weighted by Crippen LogP contribution is 2.43. The van der Waals surface area contributed by atoms with Gasteiger partial charge in [0.2, 0.25) is 0 Å². The van der Waals surface area contributed by atoms with Crippen LogP contribution in [0.15, 0.2) is 146 Å². The summed E-state index contributed by atoms with van der Waals surface area (Å²) in [5.74, 6) is -0.521. The number of aromatic nitrogens is 2. The first kappa shape index (κ1) is 30.2. The van der Waals surface area contributed by atoms with Crippen molar-refractivity contribution in [2.75, 3.05) is 7.11 Å². The fourth-order valence-electron chi connectivity index (χ4n) is 6.42. The van der Waals surface area contributed by atoms with Gasteiger partial charge in [0.05, 0.1) is 18.6 Å². The molecule has 0 saturated heterocycles. The number of rotatable bonds is 10.